The molecular weight excluding hydrogens is 174 g/mol. The van der Waals surface area contributed by atoms with Gasteiger partial charge in [0.15, 0.2) is 0 Å². The first-order chi connectivity index (χ1) is 6.75. The molecule has 2 heteroatoms. The van der Waals surface area contributed by atoms with E-state index in [0.717, 1.165) is 36.4 Å². The molecule has 1 aliphatic heterocycles. The first-order valence-electron chi connectivity index (χ1n) is 5.19. The van der Waals surface area contributed by atoms with Crippen molar-refractivity contribution >= 4 is 6.21 Å². The van der Waals surface area contributed by atoms with Gasteiger partial charge in [-0.05, 0) is 38.2 Å². The summed E-state index contributed by atoms with van der Waals surface area (Å²) >= 11 is 0. The van der Waals surface area contributed by atoms with Crippen LogP contribution in [0.4, 0.5) is 0 Å². The average Bonchev–Trinajstić information content (AvgIpc) is 2.12. The zero-order valence-corrected chi connectivity index (χ0v) is 9.18. The molecule has 0 aromatic carbocycles. The summed E-state index contributed by atoms with van der Waals surface area (Å²) in [6.45, 7) is 6.89. The summed E-state index contributed by atoms with van der Waals surface area (Å²) in [5, 5.41) is 0. The number of allylic oxidation sites excluding steroid dienone is 2. The predicted octanol–water partition coefficient (Wildman–Crippen LogP) is 3.11. The fourth-order valence-corrected chi connectivity index (χ4v) is 1.65. The topological polar surface area (TPSA) is 21.6 Å². The van der Waals surface area contributed by atoms with E-state index in [2.05, 4.69) is 11.6 Å². The minimum Gasteiger partial charge on any atom is -0.493 e. The maximum Gasteiger partial charge on any atom is 0.126 e. The Morgan fingerprint density at radius 2 is 2.21 bits per heavy atom. The van der Waals surface area contributed by atoms with Gasteiger partial charge in [0.1, 0.15) is 5.76 Å². The van der Waals surface area contributed by atoms with Crippen LogP contribution in [0.3, 0.4) is 0 Å². The van der Waals surface area contributed by atoms with Crippen LogP contribution in [0.25, 0.3) is 0 Å². The maximum absolute atomic E-state index is 5.70. The van der Waals surface area contributed by atoms with Gasteiger partial charge in [0, 0.05) is 18.8 Å². The van der Waals surface area contributed by atoms with Crippen molar-refractivity contribution in [3.8, 4) is 0 Å². The molecule has 0 unspecified atom stereocenters. The molecule has 0 aliphatic carbocycles. The molecule has 0 bridgehead atoms. The fourth-order valence-electron chi connectivity index (χ4n) is 1.65. The SMILES string of the molecule is C=C1CCCCCO/C1=C(\C)C=NC. The zero-order valence-electron chi connectivity index (χ0n) is 9.18. The molecule has 1 rings (SSSR count). The van der Waals surface area contributed by atoms with Gasteiger partial charge in [-0.2, -0.15) is 0 Å². The lowest BCUT2D eigenvalue weighted by Gasteiger charge is -2.17. The van der Waals surface area contributed by atoms with Crippen molar-refractivity contribution < 1.29 is 4.74 Å². The Bertz CT molecular complexity index is 263. The molecule has 0 saturated carbocycles. The van der Waals surface area contributed by atoms with Crippen LogP contribution in [-0.2, 0) is 4.74 Å². The number of aliphatic imine (C=N–C) groups is 1. The van der Waals surface area contributed by atoms with Crippen LogP contribution in [0.5, 0.6) is 0 Å². The third-order valence-electron chi connectivity index (χ3n) is 2.37. The van der Waals surface area contributed by atoms with E-state index in [1.54, 1.807) is 7.05 Å². The van der Waals surface area contributed by atoms with Crippen LogP contribution < -0.4 is 0 Å². The molecule has 0 radical (unpaired) electrons. The lowest BCUT2D eigenvalue weighted by Crippen LogP contribution is -2.05. The van der Waals surface area contributed by atoms with Crippen molar-refractivity contribution in [2.75, 3.05) is 13.7 Å². The van der Waals surface area contributed by atoms with Crippen molar-refractivity contribution in [2.45, 2.75) is 32.6 Å². The van der Waals surface area contributed by atoms with Crippen LogP contribution in [0, 0.1) is 0 Å². The van der Waals surface area contributed by atoms with E-state index in [4.69, 9.17) is 4.74 Å². The number of hydrogen-bond donors (Lipinski definition) is 0. The third-order valence-corrected chi connectivity index (χ3v) is 2.37. The zero-order chi connectivity index (χ0) is 10.4. The molecule has 1 heterocycles. The highest BCUT2D eigenvalue weighted by Crippen LogP contribution is 2.23. The second kappa shape index (κ2) is 5.63. The normalized spacial score (nSPS) is 22.9. The van der Waals surface area contributed by atoms with Gasteiger partial charge in [-0.15, -0.1) is 0 Å². The largest absolute Gasteiger partial charge is 0.493 e. The Morgan fingerprint density at radius 3 is 2.93 bits per heavy atom. The minimum atomic E-state index is 0.809. The monoisotopic (exact) mass is 193 g/mol. The lowest BCUT2D eigenvalue weighted by atomic mass is 10.0. The van der Waals surface area contributed by atoms with Gasteiger partial charge in [-0.25, -0.2) is 0 Å². The Hall–Kier alpha value is -1.05. The first kappa shape index (κ1) is 11.0. The molecule has 0 spiro atoms. The van der Waals surface area contributed by atoms with Gasteiger partial charge in [0.05, 0.1) is 6.61 Å². The second-order valence-corrected chi connectivity index (χ2v) is 3.66. The van der Waals surface area contributed by atoms with E-state index < -0.39 is 0 Å². The van der Waals surface area contributed by atoms with E-state index >= 15 is 0 Å². The van der Waals surface area contributed by atoms with E-state index in [9.17, 15) is 0 Å². The summed E-state index contributed by atoms with van der Waals surface area (Å²) in [4.78, 5) is 4.00. The van der Waals surface area contributed by atoms with E-state index in [1.807, 2.05) is 13.1 Å². The molecule has 1 saturated heterocycles. The van der Waals surface area contributed by atoms with Gasteiger partial charge in [-0.1, -0.05) is 6.58 Å². The van der Waals surface area contributed by atoms with Crippen LogP contribution in [0.1, 0.15) is 32.6 Å². The van der Waals surface area contributed by atoms with Crippen LogP contribution in [0.2, 0.25) is 0 Å². The predicted molar refractivity (Wildman–Crippen MR) is 60.7 cm³/mol. The lowest BCUT2D eigenvalue weighted by molar-refractivity contribution is 0.202. The smallest absolute Gasteiger partial charge is 0.126 e. The highest BCUT2D eigenvalue weighted by Gasteiger charge is 2.10. The molecule has 0 aromatic heterocycles. The second-order valence-electron chi connectivity index (χ2n) is 3.66. The summed E-state index contributed by atoms with van der Waals surface area (Å²) in [5.41, 5.74) is 2.20. The van der Waals surface area contributed by atoms with Gasteiger partial charge < -0.3 is 4.74 Å². The molecule has 1 fully saturated rings. The Labute approximate surface area is 86.4 Å². The van der Waals surface area contributed by atoms with Gasteiger partial charge in [0.25, 0.3) is 0 Å². The number of ether oxygens (including phenoxy) is 1. The Kier molecular flexibility index (Phi) is 4.44. The standard InChI is InChI=1S/C12H19NO/c1-10-7-5-4-6-8-14-12(10)11(2)9-13-3/h9H,1,4-8H2,2-3H3/b12-11+,13-9?. The number of hydrogen-bond acceptors (Lipinski definition) is 2. The molecule has 1 aliphatic rings. The van der Waals surface area contributed by atoms with Crippen molar-refractivity contribution in [3.05, 3.63) is 23.5 Å². The summed E-state index contributed by atoms with van der Waals surface area (Å²) in [5.74, 6) is 0.954. The average molecular weight is 193 g/mol. The Balaban J connectivity index is 2.80. The van der Waals surface area contributed by atoms with Crippen LogP contribution in [-0.4, -0.2) is 19.9 Å². The summed E-state index contributed by atoms with van der Waals surface area (Å²) in [6, 6.07) is 0. The van der Waals surface area contributed by atoms with Crippen molar-refractivity contribution in [2.24, 2.45) is 4.99 Å². The van der Waals surface area contributed by atoms with Crippen LogP contribution >= 0.6 is 0 Å². The van der Waals surface area contributed by atoms with Crippen molar-refractivity contribution in [1.29, 1.82) is 0 Å². The molecule has 0 aromatic rings. The summed E-state index contributed by atoms with van der Waals surface area (Å²) < 4.78 is 5.70. The minimum absolute atomic E-state index is 0.809. The fraction of sp³-hybridized carbons (Fsp3) is 0.583. The van der Waals surface area contributed by atoms with Gasteiger partial charge in [-0.3, -0.25) is 4.99 Å². The molecule has 0 N–H and O–H groups in total. The number of nitrogens with zero attached hydrogens (tertiary/aromatic N) is 1. The molecule has 0 atom stereocenters. The van der Waals surface area contributed by atoms with Gasteiger partial charge >= 0.3 is 0 Å². The highest BCUT2D eigenvalue weighted by atomic mass is 16.5. The molecule has 14 heavy (non-hydrogen) atoms. The highest BCUT2D eigenvalue weighted by molar-refractivity contribution is 5.79. The maximum atomic E-state index is 5.70. The molecule has 2 nitrogen and oxygen atoms in total. The van der Waals surface area contributed by atoms with Crippen LogP contribution in [0.15, 0.2) is 28.5 Å². The van der Waals surface area contributed by atoms with Crippen molar-refractivity contribution in [1.82, 2.24) is 0 Å². The summed E-state index contributed by atoms with van der Waals surface area (Å²) in [7, 11) is 1.77. The Morgan fingerprint density at radius 1 is 1.43 bits per heavy atom. The quantitative estimate of drug-likeness (QED) is 0.586. The number of rotatable bonds is 1. The first-order valence-corrected chi connectivity index (χ1v) is 5.19. The molecular formula is C12H19NO. The summed E-state index contributed by atoms with van der Waals surface area (Å²) in [6.07, 6.45) is 6.50. The molecule has 78 valence electrons. The van der Waals surface area contributed by atoms with Crippen molar-refractivity contribution in [3.63, 3.8) is 0 Å². The van der Waals surface area contributed by atoms with E-state index in [1.165, 1.54) is 12.8 Å². The van der Waals surface area contributed by atoms with Gasteiger partial charge in [0.2, 0.25) is 0 Å². The van der Waals surface area contributed by atoms with E-state index in [-0.39, 0.29) is 0 Å². The molecule has 0 amide bonds. The third kappa shape index (κ3) is 3.02. The van der Waals surface area contributed by atoms with E-state index in [0.29, 0.717) is 0 Å².